The fourth-order valence-electron chi connectivity index (χ4n) is 2.48. The molecule has 0 spiro atoms. The van der Waals surface area contributed by atoms with E-state index in [1.165, 1.54) is 22.5 Å². The summed E-state index contributed by atoms with van der Waals surface area (Å²) in [6.45, 7) is 0. The van der Waals surface area contributed by atoms with Crippen LogP contribution in [0.5, 0.6) is 0 Å². The first-order valence-electron chi connectivity index (χ1n) is 5.64. The minimum absolute atomic E-state index is 0.934. The van der Waals surface area contributed by atoms with E-state index in [1.54, 1.807) is 0 Å². The number of likely N-dealkylation sites (N-methyl/N-ethyl adjacent to an activating group) is 1. The molecule has 1 heterocycles. The van der Waals surface area contributed by atoms with Crippen LogP contribution in [0.3, 0.4) is 0 Å². The Morgan fingerprint density at radius 3 is 2.94 bits per heavy atom. The van der Waals surface area contributed by atoms with E-state index in [2.05, 4.69) is 53.7 Å². The Balaban J connectivity index is 2.32. The molecule has 0 N–H and O–H groups in total. The number of thiocarbonyl (C=S) groups is 1. The van der Waals surface area contributed by atoms with Crippen molar-refractivity contribution in [2.75, 3.05) is 11.9 Å². The third-order valence-corrected chi connectivity index (χ3v) is 3.53. The van der Waals surface area contributed by atoms with Gasteiger partial charge in [0, 0.05) is 29.6 Å². The van der Waals surface area contributed by atoms with Gasteiger partial charge in [-0.2, -0.15) is 0 Å². The molecule has 2 aliphatic rings. The predicted molar refractivity (Wildman–Crippen MR) is 76.2 cm³/mol. The van der Waals surface area contributed by atoms with Crippen LogP contribution in [0.2, 0.25) is 0 Å². The second kappa shape index (κ2) is 3.97. The number of para-hydroxylation sites is 1. The monoisotopic (exact) mass is 238 g/mol. The standard InChI is InChI=1S/C15H12NS/c1-16-14-8-4-2-6-11(14)13(10-17)12-7-3-5-9-15(12)16/h2-6,8-9H,7H2,1H3. The van der Waals surface area contributed by atoms with E-state index in [1.807, 2.05) is 6.07 Å². The lowest BCUT2D eigenvalue weighted by Crippen LogP contribution is -2.24. The molecular weight excluding hydrogens is 226 g/mol. The van der Waals surface area contributed by atoms with Gasteiger partial charge in [-0.1, -0.05) is 42.6 Å². The Bertz CT molecular complexity index is 578. The van der Waals surface area contributed by atoms with Gasteiger partial charge in [0.15, 0.2) is 0 Å². The largest absolute Gasteiger partial charge is 0.344 e. The minimum atomic E-state index is 0.934. The van der Waals surface area contributed by atoms with Gasteiger partial charge in [-0.25, -0.2) is 0 Å². The quantitative estimate of drug-likeness (QED) is 0.688. The summed E-state index contributed by atoms with van der Waals surface area (Å²) in [4.78, 5) is 2.23. The molecule has 1 aliphatic carbocycles. The zero-order valence-corrected chi connectivity index (χ0v) is 10.4. The van der Waals surface area contributed by atoms with Crippen LogP contribution in [-0.4, -0.2) is 12.4 Å². The van der Waals surface area contributed by atoms with Gasteiger partial charge in [0.05, 0.1) is 5.37 Å². The molecule has 0 bridgehead atoms. The number of hydrogen-bond acceptors (Lipinski definition) is 2. The SMILES string of the molecule is CN1C2=CC=CCC2=C([C]=S)c2ccccc21. The highest BCUT2D eigenvalue weighted by molar-refractivity contribution is 7.79. The number of nitrogens with zero attached hydrogens (tertiary/aromatic N) is 1. The van der Waals surface area contributed by atoms with Crippen molar-refractivity contribution in [3.05, 3.63) is 59.3 Å². The summed E-state index contributed by atoms with van der Waals surface area (Å²) in [6.07, 6.45) is 7.34. The Hall–Kier alpha value is -1.67. The van der Waals surface area contributed by atoms with E-state index in [0.717, 1.165) is 12.0 Å². The third kappa shape index (κ3) is 1.48. The van der Waals surface area contributed by atoms with Gasteiger partial charge in [0.2, 0.25) is 0 Å². The van der Waals surface area contributed by atoms with Crippen LogP contribution in [0.25, 0.3) is 5.57 Å². The molecule has 2 heteroatoms. The van der Waals surface area contributed by atoms with Gasteiger partial charge in [0.1, 0.15) is 0 Å². The second-order valence-corrected chi connectivity index (χ2v) is 4.42. The number of fused-ring (bicyclic) bond motifs is 2. The van der Waals surface area contributed by atoms with E-state index in [0.29, 0.717) is 0 Å². The lowest BCUT2D eigenvalue weighted by Gasteiger charge is -2.33. The van der Waals surface area contributed by atoms with Crippen LogP contribution in [0.1, 0.15) is 12.0 Å². The summed E-state index contributed by atoms with van der Waals surface area (Å²) in [5.74, 6) is 0. The number of anilines is 1. The zero-order chi connectivity index (χ0) is 11.8. The molecule has 0 amide bonds. The molecule has 0 saturated heterocycles. The maximum atomic E-state index is 5.08. The molecule has 0 aromatic heterocycles. The van der Waals surface area contributed by atoms with Crippen molar-refractivity contribution in [1.29, 1.82) is 0 Å². The molecule has 1 radical (unpaired) electrons. The average molecular weight is 238 g/mol. The van der Waals surface area contributed by atoms with Crippen LogP contribution < -0.4 is 4.90 Å². The summed E-state index contributed by atoms with van der Waals surface area (Å²) < 4.78 is 0. The van der Waals surface area contributed by atoms with Crippen molar-refractivity contribution in [2.45, 2.75) is 6.42 Å². The van der Waals surface area contributed by atoms with Gasteiger partial charge in [-0.3, -0.25) is 0 Å². The molecule has 0 saturated carbocycles. The highest BCUT2D eigenvalue weighted by Crippen LogP contribution is 2.40. The molecule has 1 nitrogen and oxygen atoms in total. The van der Waals surface area contributed by atoms with Crippen molar-refractivity contribution < 1.29 is 0 Å². The Labute approximate surface area is 107 Å². The van der Waals surface area contributed by atoms with Gasteiger partial charge in [-0.05, 0) is 24.1 Å². The van der Waals surface area contributed by atoms with Crippen molar-refractivity contribution in [2.24, 2.45) is 0 Å². The summed E-state index contributed by atoms with van der Waals surface area (Å²) >= 11 is 5.08. The first-order valence-corrected chi connectivity index (χ1v) is 6.05. The smallest absolute Gasteiger partial charge is 0.0647 e. The van der Waals surface area contributed by atoms with E-state index in [9.17, 15) is 0 Å². The molecule has 17 heavy (non-hydrogen) atoms. The number of hydrogen-bond donors (Lipinski definition) is 0. The van der Waals surface area contributed by atoms with E-state index in [4.69, 9.17) is 12.2 Å². The minimum Gasteiger partial charge on any atom is -0.344 e. The van der Waals surface area contributed by atoms with Gasteiger partial charge in [-0.15, -0.1) is 0 Å². The average Bonchev–Trinajstić information content (AvgIpc) is 2.40. The summed E-state index contributed by atoms with van der Waals surface area (Å²) in [5, 5.41) is 2.94. The van der Waals surface area contributed by atoms with Crippen molar-refractivity contribution in [3.8, 4) is 0 Å². The molecule has 3 rings (SSSR count). The Morgan fingerprint density at radius 2 is 2.12 bits per heavy atom. The lowest BCUT2D eigenvalue weighted by atomic mass is 9.88. The maximum Gasteiger partial charge on any atom is 0.0647 e. The van der Waals surface area contributed by atoms with Crippen LogP contribution in [0, 0.1) is 0 Å². The molecule has 1 aromatic carbocycles. The Kier molecular flexibility index (Phi) is 2.45. The number of rotatable bonds is 1. The van der Waals surface area contributed by atoms with E-state index < -0.39 is 0 Å². The van der Waals surface area contributed by atoms with Gasteiger partial charge >= 0.3 is 0 Å². The number of benzene rings is 1. The van der Waals surface area contributed by atoms with Gasteiger partial charge < -0.3 is 4.90 Å². The van der Waals surface area contributed by atoms with Crippen LogP contribution in [0.4, 0.5) is 5.69 Å². The number of allylic oxidation sites excluding steroid dienone is 5. The van der Waals surface area contributed by atoms with E-state index >= 15 is 0 Å². The molecular formula is C15H12NS. The molecule has 0 fully saturated rings. The van der Waals surface area contributed by atoms with Crippen molar-refractivity contribution in [1.82, 2.24) is 0 Å². The lowest BCUT2D eigenvalue weighted by molar-refractivity contribution is 1.03. The molecule has 83 valence electrons. The molecule has 1 aliphatic heterocycles. The van der Waals surface area contributed by atoms with Crippen molar-refractivity contribution in [3.63, 3.8) is 0 Å². The molecule has 0 unspecified atom stereocenters. The summed E-state index contributed by atoms with van der Waals surface area (Å²) in [5.41, 5.74) is 5.98. The molecule has 1 aromatic rings. The molecule has 0 atom stereocenters. The highest BCUT2D eigenvalue weighted by atomic mass is 32.1. The fourth-order valence-corrected chi connectivity index (χ4v) is 2.71. The fraction of sp³-hybridized carbons (Fsp3) is 0.133. The van der Waals surface area contributed by atoms with Crippen LogP contribution in [0.15, 0.2) is 53.8 Å². The third-order valence-electron chi connectivity index (χ3n) is 3.32. The second-order valence-electron chi connectivity index (χ2n) is 4.22. The summed E-state index contributed by atoms with van der Waals surface area (Å²) in [7, 11) is 2.10. The first kappa shape index (κ1) is 10.5. The van der Waals surface area contributed by atoms with Gasteiger partial charge in [0.25, 0.3) is 0 Å². The Morgan fingerprint density at radius 1 is 1.29 bits per heavy atom. The van der Waals surface area contributed by atoms with Crippen molar-refractivity contribution >= 4 is 28.8 Å². The highest BCUT2D eigenvalue weighted by Gasteiger charge is 2.25. The maximum absolute atomic E-state index is 5.08. The predicted octanol–water partition coefficient (Wildman–Crippen LogP) is 3.61. The topological polar surface area (TPSA) is 3.24 Å². The normalized spacial score (nSPS) is 17.5. The first-order chi connectivity index (χ1) is 8.33. The van der Waals surface area contributed by atoms with E-state index in [-0.39, 0.29) is 0 Å². The van der Waals surface area contributed by atoms with Crippen LogP contribution >= 0.6 is 12.2 Å². The van der Waals surface area contributed by atoms with Crippen LogP contribution in [-0.2, 0) is 0 Å². The summed E-state index contributed by atoms with van der Waals surface area (Å²) in [6, 6.07) is 8.34. The zero-order valence-electron chi connectivity index (χ0n) is 9.60.